The molecule has 1 aromatic carbocycles. The zero-order chi connectivity index (χ0) is 18.4. The molecule has 3 rings (SSSR count). The fourth-order valence-electron chi connectivity index (χ4n) is 2.67. The molecule has 26 heavy (non-hydrogen) atoms. The second-order valence-corrected chi connectivity index (χ2v) is 5.65. The number of anilines is 1. The van der Waals surface area contributed by atoms with Crippen LogP contribution < -0.4 is 10.2 Å². The average molecular weight is 351 g/mol. The van der Waals surface area contributed by atoms with Crippen LogP contribution in [0.5, 0.6) is 0 Å². The lowest BCUT2D eigenvalue weighted by atomic mass is 10.1. The molecule has 8 nitrogen and oxygen atoms in total. The molecule has 0 saturated heterocycles. The molecule has 0 saturated carbocycles. The zero-order valence-corrected chi connectivity index (χ0v) is 14.8. The number of benzene rings is 1. The standard InChI is InChI=1S/C18H21N7O/c1-3-24(4-2)17-10-9-14(11-19-17)12-20-18(26)15-7-5-6-8-16(15)25-13-21-22-23-25/h5-11,13H,3-4,12H2,1-2H3,(H,20,26). The van der Waals surface area contributed by atoms with Gasteiger partial charge in [-0.1, -0.05) is 18.2 Å². The summed E-state index contributed by atoms with van der Waals surface area (Å²) in [6, 6.07) is 11.1. The van der Waals surface area contributed by atoms with Crippen LogP contribution >= 0.6 is 0 Å². The molecule has 0 fully saturated rings. The summed E-state index contributed by atoms with van der Waals surface area (Å²) in [5.74, 6) is 0.748. The summed E-state index contributed by atoms with van der Waals surface area (Å²) in [7, 11) is 0. The minimum atomic E-state index is -0.191. The van der Waals surface area contributed by atoms with E-state index in [0.29, 0.717) is 17.8 Å². The van der Waals surface area contributed by atoms with E-state index in [1.54, 1.807) is 18.3 Å². The number of aromatic nitrogens is 5. The summed E-state index contributed by atoms with van der Waals surface area (Å²) in [4.78, 5) is 19.2. The molecular formula is C18H21N7O. The van der Waals surface area contributed by atoms with E-state index in [1.807, 2.05) is 24.3 Å². The molecule has 2 heterocycles. The van der Waals surface area contributed by atoms with E-state index in [0.717, 1.165) is 24.5 Å². The number of carbonyl (C=O) groups is 1. The number of para-hydroxylation sites is 1. The first-order valence-corrected chi connectivity index (χ1v) is 8.53. The van der Waals surface area contributed by atoms with Gasteiger partial charge in [-0.2, -0.15) is 4.68 Å². The molecule has 8 heteroatoms. The van der Waals surface area contributed by atoms with Crippen LogP contribution in [0.25, 0.3) is 5.69 Å². The van der Waals surface area contributed by atoms with Gasteiger partial charge in [0, 0.05) is 25.8 Å². The minimum Gasteiger partial charge on any atom is -0.357 e. The average Bonchev–Trinajstić information content (AvgIpc) is 3.23. The number of carbonyl (C=O) groups excluding carboxylic acids is 1. The lowest BCUT2D eigenvalue weighted by Gasteiger charge is -2.19. The fraction of sp³-hybridized carbons (Fsp3) is 0.278. The Kier molecular flexibility index (Phi) is 5.52. The van der Waals surface area contributed by atoms with E-state index in [4.69, 9.17) is 0 Å². The molecule has 0 atom stereocenters. The van der Waals surface area contributed by atoms with Crippen LogP contribution in [0, 0.1) is 0 Å². The van der Waals surface area contributed by atoms with Crippen molar-refractivity contribution in [3.63, 3.8) is 0 Å². The third-order valence-corrected chi connectivity index (χ3v) is 4.09. The van der Waals surface area contributed by atoms with Crippen LogP contribution in [0.3, 0.4) is 0 Å². The monoisotopic (exact) mass is 351 g/mol. The Morgan fingerprint density at radius 2 is 1.96 bits per heavy atom. The Morgan fingerprint density at radius 1 is 1.15 bits per heavy atom. The molecule has 0 aliphatic carbocycles. The molecule has 1 N–H and O–H groups in total. The zero-order valence-electron chi connectivity index (χ0n) is 14.8. The summed E-state index contributed by atoms with van der Waals surface area (Å²) >= 11 is 0. The molecule has 134 valence electrons. The van der Waals surface area contributed by atoms with Crippen molar-refractivity contribution in [2.24, 2.45) is 0 Å². The highest BCUT2D eigenvalue weighted by molar-refractivity contribution is 5.97. The molecule has 1 amide bonds. The van der Waals surface area contributed by atoms with Gasteiger partial charge in [0.2, 0.25) is 0 Å². The van der Waals surface area contributed by atoms with Crippen molar-refractivity contribution in [2.45, 2.75) is 20.4 Å². The second kappa shape index (κ2) is 8.19. The first-order chi connectivity index (χ1) is 12.7. The summed E-state index contributed by atoms with van der Waals surface area (Å²) in [6.07, 6.45) is 3.25. The van der Waals surface area contributed by atoms with Gasteiger partial charge >= 0.3 is 0 Å². The van der Waals surface area contributed by atoms with Crippen LogP contribution in [0.1, 0.15) is 29.8 Å². The number of rotatable bonds is 7. The lowest BCUT2D eigenvalue weighted by Crippen LogP contribution is -2.25. The molecule has 0 bridgehead atoms. The molecule has 0 aliphatic heterocycles. The van der Waals surface area contributed by atoms with Crippen molar-refractivity contribution in [2.75, 3.05) is 18.0 Å². The largest absolute Gasteiger partial charge is 0.357 e. The van der Waals surface area contributed by atoms with Crippen molar-refractivity contribution in [1.82, 2.24) is 30.5 Å². The number of nitrogens with zero attached hydrogens (tertiary/aromatic N) is 6. The second-order valence-electron chi connectivity index (χ2n) is 5.65. The van der Waals surface area contributed by atoms with E-state index in [-0.39, 0.29) is 5.91 Å². The van der Waals surface area contributed by atoms with Crippen molar-refractivity contribution in [1.29, 1.82) is 0 Å². The molecule has 0 radical (unpaired) electrons. The molecule has 0 aliphatic rings. The van der Waals surface area contributed by atoms with Gasteiger partial charge in [0.05, 0.1) is 11.3 Å². The van der Waals surface area contributed by atoms with E-state index in [1.165, 1.54) is 11.0 Å². The van der Waals surface area contributed by atoms with Gasteiger partial charge in [-0.25, -0.2) is 4.98 Å². The van der Waals surface area contributed by atoms with Gasteiger partial charge in [-0.05, 0) is 48.0 Å². The fourth-order valence-corrected chi connectivity index (χ4v) is 2.67. The lowest BCUT2D eigenvalue weighted by molar-refractivity contribution is 0.0950. The molecule has 3 aromatic rings. The maximum atomic E-state index is 12.6. The maximum Gasteiger partial charge on any atom is 0.253 e. The van der Waals surface area contributed by atoms with Crippen molar-refractivity contribution in [3.05, 3.63) is 60.0 Å². The number of pyridine rings is 1. The summed E-state index contributed by atoms with van der Waals surface area (Å²) in [6.45, 7) is 6.41. The highest BCUT2D eigenvalue weighted by Crippen LogP contribution is 2.14. The third-order valence-electron chi connectivity index (χ3n) is 4.09. The Labute approximate surface area is 151 Å². The summed E-state index contributed by atoms with van der Waals surface area (Å²) in [5, 5.41) is 14.0. The van der Waals surface area contributed by atoms with Crippen LogP contribution in [0.4, 0.5) is 5.82 Å². The van der Waals surface area contributed by atoms with Crippen molar-refractivity contribution in [3.8, 4) is 5.69 Å². The molecular weight excluding hydrogens is 330 g/mol. The van der Waals surface area contributed by atoms with E-state index in [2.05, 4.69) is 44.6 Å². The first-order valence-electron chi connectivity index (χ1n) is 8.53. The van der Waals surface area contributed by atoms with Gasteiger partial charge < -0.3 is 10.2 Å². The van der Waals surface area contributed by atoms with Crippen molar-refractivity contribution < 1.29 is 4.79 Å². The number of hydrogen-bond acceptors (Lipinski definition) is 6. The van der Waals surface area contributed by atoms with Gasteiger partial charge in [0.15, 0.2) is 0 Å². The van der Waals surface area contributed by atoms with Crippen LogP contribution in [-0.2, 0) is 6.54 Å². The van der Waals surface area contributed by atoms with E-state index >= 15 is 0 Å². The SMILES string of the molecule is CCN(CC)c1ccc(CNC(=O)c2ccccc2-n2cnnn2)cn1. The first kappa shape index (κ1) is 17.5. The van der Waals surface area contributed by atoms with Crippen molar-refractivity contribution >= 4 is 11.7 Å². The third kappa shape index (κ3) is 3.85. The number of nitrogens with one attached hydrogen (secondary N) is 1. The van der Waals surface area contributed by atoms with E-state index < -0.39 is 0 Å². The van der Waals surface area contributed by atoms with Crippen LogP contribution in [0.2, 0.25) is 0 Å². The predicted molar refractivity (Wildman–Crippen MR) is 98.1 cm³/mol. The predicted octanol–water partition coefficient (Wildman–Crippen LogP) is 1.83. The summed E-state index contributed by atoms with van der Waals surface area (Å²) < 4.78 is 1.47. The highest BCUT2D eigenvalue weighted by Gasteiger charge is 2.13. The minimum absolute atomic E-state index is 0.191. The number of amides is 1. The van der Waals surface area contributed by atoms with Gasteiger partial charge in [0.25, 0.3) is 5.91 Å². The Balaban J connectivity index is 1.68. The van der Waals surface area contributed by atoms with E-state index in [9.17, 15) is 4.79 Å². The topological polar surface area (TPSA) is 88.8 Å². The molecule has 0 spiro atoms. The molecule has 2 aromatic heterocycles. The smallest absolute Gasteiger partial charge is 0.253 e. The Bertz CT molecular complexity index is 842. The van der Waals surface area contributed by atoms with Crippen LogP contribution in [-0.4, -0.2) is 44.2 Å². The Morgan fingerprint density at radius 3 is 2.62 bits per heavy atom. The quantitative estimate of drug-likeness (QED) is 0.699. The van der Waals surface area contributed by atoms with Gasteiger partial charge in [0.1, 0.15) is 12.1 Å². The van der Waals surface area contributed by atoms with Gasteiger partial charge in [-0.3, -0.25) is 4.79 Å². The van der Waals surface area contributed by atoms with Crippen LogP contribution in [0.15, 0.2) is 48.9 Å². The maximum absolute atomic E-state index is 12.6. The Hall–Kier alpha value is -3.29. The number of tetrazole rings is 1. The normalized spacial score (nSPS) is 10.5. The highest BCUT2D eigenvalue weighted by atomic mass is 16.1. The summed E-state index contributed by atoms with van der Waals surface area (Å²) in [5.41, 5.74) is 2.08. The molecule has 0 unspecified atom stereocenters. The van der Waals surface area contributed by atoms with Gasteiger partial charge in [-0.15, -0.1) is 5.10 Å². The number of hydrogen-bond donors (Lipinski definition) is 1.